The molecular weight excluding hydrogens is 342 g/mol. The third kappa shape index (κ3) is 5.75. The number of nitrogens with zero attached hydrogens (tertiary/aromatic N) is 1. The van der Waals surface area contributed by atoms with Crippen LogP contribution in [0.25, 0.3) is 0 Å². The molecule has 0 heterocycles. The Morgan fingerprint density at radius 2 is 1.36 bits per heavy atom. The summed E-state index contributed by atoms with van der Waals surface area (Å²) in [4.78, 5) is 5.22. The fraction of sp³-hybridized carbons (Fsp3) is 0.720. The summed E-state index contributed by atoms with van der Waals surface area (Å²) in [6.07, 6.45) is 13.1. The van der Waals surface area contributed by atoms with Gasteiger partial charge in [-0.15, -0.1) is 0 Å². The van der Waals surface area contributed by atoms with Gasteiger partial charge in [0.1, 0.15) is 0 Å². The van der Waals surface area contributed by atoms with Crippen molar-refractivity contribution in [1.29, 1.82) is 0 Å². The molecule has 2 saturated carbocycles. The van der Waals surface area contributed by atoms with E-state index in [1.54, 1.807) is 0 Å². The van der Waals surface area contributed by atoms with E-state index in [1.165, 1.54) is 81.0 Å². The predicted octanol–water partition coefficient (Wildman–Crippen LogP) is 6.96. The summed E-state index contributed by atoms with van der Waals surface area (Å²) in [5, 5.41) is 7.64. The van der Waals surface area contributed by atoms with Crippen molar-refractivity contribution in [2.75, 3.05) is 5.32 Å². The van der Waals surface area contributed by atoms with Crippen LogP contribution in [-0.4, -0.2) is 18.0 Å². The Kier molecular flexibility index (Phi) is 7.82. The van der Waals surface area contributed by atoms with Crippen LogP contribution in [0.5, 0.6) is 0 Å². The molecule has 0 radical (unpaired) electrons. The van der Waals surface area contributed by atoms with Crippen molar-refractivity contribution in [3.8, 4) is 0 Å². The number of hydrogen-bond donors (Lipinski definition) is 2. The molecule has 3 heteroatoms. The Labute approximate surface area is 172 Å². The number of hydrogen-bond acceptors (Lipinski definition) is 1. The van der Waals surface area contributed by atoms with Crippen LogP contribution in [0.2, 0.25) is 0 Å². The first kappa shape index (κ1) is 21.2. The minimum absolute atomic E-state index is 0.473. The van der Waals surface area contributed by atoms with Gasteiger partial charge >= 0.3 is 0 Å². The minimum atomic E-state index is 0.473. The highest BCUT2D eigenvalue weighted by Crippen LogP contribution is 2.32. The third-order valence-corrected chi connectivity index (χ3v) is 6.45. The standard InChI is InChI=1S/C25H41N3/c1-18(2)22-16-11-17-23(19(3)4)24(22)28-25(26-20-12-7-5-8-13-20)27-21-14-9-6-10-15-21/h11,16-21H,5-10,12-15H2,1-4H3,(H2,26,27,28). The first-order chi connectivity index (χ1) is 13.5. The van der Waals surface area contributed by atoms with E-state index in [0.717, 1.165) is 5.96 Å². The van der Waals surface area contributed by atoms with Gasteiger partial charge in [0, 0.05) is 11.7 Å². The summed E-state index contributed by atoms with van der Waals surface area (Å²) >= 11 is 0. The molecule has 0 bridgehead atoms. The largest absolute Gasteiger partial charge is 0.353 e. The average Bonchev–Trinajstić information content (AvgIpc) is 2.69. The summed E-state index contributed by atoms with van der Waals surface area (Å²) in [5.41, 5.74) is 4.08. The highest BCUT2D eigenvalue weighted by Gasteiger charge is 2.20. The lowest BCUT2D eigenvalue weighted by Crippen LogP contribution is -2.41. The lowest BCUT2D eigenvalue weighted by molar-refractivity contribution is 0.408. The van der Waals surface area contributed by atoms with Gasteiger partial charge in [-0.1, -0.05) is 84.4 Å². The molecule has 0 spiro atoms. The van der Waals surface area contributed by atoms with E-state index < -0.39 is 0 Å². The number of anilines is 1. The van der Waals surface area contributed by atoms with Gasteiger partial charge in [-0.25, -0.2) is 4.99 Å². The fourth-order valence-corrected chi connectivity index (χ4v) is 4.75. The van der Waals surface area contributed by atoms with Crippen molar-refractivity contribution in [1.82, 2.24) is 5.32 Å². The van der Waals surface area contributed by atoms with E-state index in [-0.39, 0.29) is 0 Å². The Balaban J connectivity index is 1.88. The zero-order chi connectivity index (χ0) is 19.9. The minimum Gasteiger partial charge on any atom is -0.353 e. The van der Waals surface area contributed by atoms with E-state index in [1.807, 2.05) is 0 Å². The maximum atomic E-state index is 5.22. The number of guanidine groups is 1. The normalized spacial score (nSPS) is 20.0. The first-order valence-electron chi connectivity index (χ1n) is 11.8. The summed E-state index contributed by atoms with van der Waals surface area (Å²) < 4.78 is 0. The summed E-state index contributed by atoms with van der Waals surface area (Å²) in [7, 11) is 0. The van der Waals surface area contributed by atoms with Crippen molar-refractivity contribution in [3.05, 3.63) is 29.3 Å². The van der Waals surface area contributed by atoms with Gasteiger partial charge in [-0.05, 0) is 48.6 Å². The van der Waals surface area contributed by atoms with Crippen LogP contribution in [0, 0.1) is 0 Å². The predicted molar refractivity (Wildman–Crippen MR) is 123 cm³/mol. The topological polar surface area (TPSA) is 36.4 Å². The van der Waals surface area contributed by atoms with Crippen LogP contribution in [0.3, 0.4) is 0 Å². The zero-order valence-electron chi connectivity index (χ0n) is 18.6. The molecule has 0 saturated heterocycles. The van der Waals surface area contributed by atoms with Crippen molar-refractivity contribution >= 4 is 11.6 Å². The van der Waals surface area contributed by atoms with E-state index in [9.17, 15) is 0 Å². The SMILES string of the molecule is CC(C)c1cccc(C(C)C)c1NC(=NC1CCCCC1)NC1CCCCC1. The molecule has 3 nitrogen and oxygen atoms in total. The number of nitrogens with one attached hydrogen (secondary N) is 2. The molecule has 1 aromatic rings. The Morgan fingerprint density at radius 1 is 0.821 bits per heavy atom. The smallest absolute Gasteiger partial charge is 0.196 e. The van der Waals surface area contributed by atoms with Gasteiger partial charge in [0.05, 0.1) is 6.04 Å². The molecule has 2 fully saturated rings. The molecule has 2 aliphatic carbocycles. The average molecular weight is 384 g/mol. The van der Waals surface area contributed by atoms with E-state index in [0.29, 0.717) is 23.9 Å². The quantitative estimate of drug-likeness (QED) is 0.426. The third-order valence-electron chi connectivity index (χ3n) is 6.45. The van der Waals surface area contributed by atoms with Crippen LogP contribution in [0.15, 0.2) is 23.2 Å². The van der Waals surface area contributed by atoms with Crippen molar-refractivity contribution in [2.24, 2.45) is 4.99 Å². The molecule has 1 aromatic carbocycles. The highest BCUT2D eigenvalue weighted by molar-refractivity contribution is 5.95. The molecule has 0 aromatic heterocycles. The van der Waals surface area contributed by atoms with Gasteiger partial charge < -0.3 is 10.6 Å². The Hall–Kier alpha value is -1.51. The maximum Gasteiger partial charge on any atom is 0.196 e. The molecule has 0 unspecified atom stereocenters. The molecule has 156 valence electrons. The number of benzene rings is 1. The fourth-order valence-electron chi connectivity index (χ4n) is 4.75. The second-order valence-electron chi connectivity index (χ2n) is 9.49. The highest BCUT2D eigenvalue weighted by atomic mass is 15.2. The molecule has 2 aliphatic rings. The maximum absolute atomic E-state index is 5.22. The molecule has 0 atom stereocenters. The summed E-state index contributed by atoms with van der Waals surface area (Å²) in [6, 6.07) is 7.80. The molecule has 0 aliphatic heterocycles. The van der Waals surface area contributed by atoms with Gasteiger partial charge in [-0.3, -0.25) is 0 Å². The number of para-hydroxylation sites is 1. The van der Waals surface area contributed by atoms with Crippen LogP contribution < -0.4 is 10.6 Å². The van der Waals surface area contributed by atoms with E-state index in [4.69, 9.17) is 4.99 Å². The van der Waals surface area contributed by atoms with Gasteiger partial charge in [0.15, 0.2) is 5.96 Å². The molecular formula is C25H41N3. The van der Waals surface area contributed by atoms with E-state index >= 15 is 0 Å². The second kappa shape index (κ2) is 10.3. The van der Waals surface area contributed by atoms with Gasteiger partial charge in [-0.2, -0.15) is 0 Å². The monoisotopic (exact) mass is 383 g/mol. The Bertz CT molecular complexity index is 609. The molecule has 0 amide bonds. The number of rotatable bonds is 5. The van der Waals surface area contributed by atoms with Crippen molar-refractivity contribution in [2.45, 2.75) is 116 Å². The van der Waals surface area contributed by atoms with Crippen molar-refractivity contribution < 1.29 is 0 Å². The molecule has 3 rings (SSSR count). The first-order valence-corrected chi connectivity index (χ1v) is 11.8. The van der Waals surface area contributed by atoms with Crippen LogP contribution in [-0.2, 0) is 0 Å². The second-order valence-corrected chi connectivity index (χ2v) is 9.49. The van der Waals surface area contributed by atoms with Crippen LogP contribution in [0.1, 0.15) is 115 Å². The molecule has 28 heavy (non-hydrogen) atoms. The zero-order valence-corrected chi connectivity index (χ0v) is 18.6. The van der Waals surface area contributed by atoms with Crippen LogP contribution >= 0.6 is 0 Å². The summed E-state index contributed by atoms with van der Waals surface area (Å²) in [5.74, 6) is 2.01. The number of aliphatic imine (C=N–C) groups is 1. The van der Waals surface area contributed by atoms with Gasteiger partial charge in [0.25, 0.3) is 0 Å². The van der Waals surface area contributed by atoms with Crippen LogP contribution in [0.4, 0.5) is 5.69 Å². The van der Waals surface area contributed by atoms with E-state index in [2.05, 4.69) is 56.5 Å². The molecule has 2 N–H and O–H groups in total. The van der Waals surface area contributed by atoms with Gasteiger partial charge in [0.2, 0.25) is 0 Å². The summed E-state index contributed by atoms with van der Waals surface area (Å²) in [6.45, 7) is 9.16. The Morgan fingerprint density at radius 3 is 1.89 bits per heavy atom. The lowest BCUT2D eigenvalue weighted by Gasteiger charge is -2.28. The van der Waals surface area contributed by atoms with Crippen molar-refractivity contribution in [3.63, 3.8) is 0 Å². The lowest BCUT2D eigenvalue weighted by atomic mass is 9.92.